The monoisotopic (exact) mass is 226 g/mol. The summed E-state index contributed by atoms with van der Waals surface area (Å²) >= 11 is 5.75. The Labute approximate surface area is 97.3 Å². The van der Waals surface area contributed by atoms with Crippen molar-refractivity contribution >= 4 is 17.4 Å². The normalized spacial score (nSPS) is 10.7. The summed E-state index contributed by atoms with van der Waals surface area (Å²) in [6, 6.07) is 5.98. The summed E-state index contributed by atoms with van der Waals surface area (Å²) in [7, 11) is 2.07. The third-order valence-corrected chi connectivity index (χ3v) is 2.64. The number of anilines is 1. The van der Waals surface area contributed by atoms with E-state index in [1.807, 2.05) is 18.2 Å². The predicted molar refractivity (Wildman–Crippen MR) is 66.5 cm³/mol. The molecule has 0 amide bonds. The van der Waals surface area contributed by atoms with Gasteiger partial charge in [-0.1, -0.05) is 19.9 Å². The second-order valence-electron chi connectivity index (χ2n) is 4.22. The maximum Gasteiger partial charge on any atom is 0.128 e. The van der Waals surface area contributed by atoms with Gasteiger partial charge in [0.05, 0.1) is 11.6 Å². The summed E-state index contributed by atoms with van der Waals surface area (Å²) in [6.07, 6.45) is 1.18. The molecule has 1 aromatic rings. The molecule has 2 nitrogen and oxygen atoms in total. The van der Waals surface area contributed by atoms with Crippen LogP contribution < -0.4 is 4.90 Å². The Hall–Kier alpha value is -0.760. The lowest BCUT2D eigenvalue weighted by atomic mass is 10.1. The Bertz CT molecular complexity index is 299. The van der Waals surface area contributed by atoms with E-state index in [9.17, 15) is 0 Å². The van der Waals surface area contributed by atoms with E-state index < -0.39 is 0 Å². The van der Waals surface area contributed by atoms with Gasteiger partial charge in [0.2, 0.25) is 0 Å². The van der Waals surface area contributed by atoms with Crippen LogP contribution in [0.15, 0.2) is 18.2 Å². The van der Waals surface area contributed by atoms with Crippen LogP contribution in [0.4, 0.5) is 5.82 Å². The third kappa shape index (κ3) is 4.08. The minimum absolute atomic E-state index is 0.478. The second kappa shape index (κ2) is 5.96. The maximum absolute atomic E-state index is 5.75. The largest absolute Gasteiger partial charge is 0.360 e. The second-order valence-corrected chi connectivity index (χ2v) is 4.49. The zero-order valence-electron chi connectivity index (χ0n) is 9.70. The number of nitrogens with zero attached hydrogens (tertiary/aromatic N) is 2. The zero-order chi connectivity index (χ0) is 11.3. The van der Waals surface area contributed by atoms with E-state index >= 15 is 0 Å². The molecule has 1 aromatic heterocycles. The summed E-state index contributed by atoms with van der Waals surface area (Å²) in [5.41, 5.74) is 0.936. The molecule has 0 aliphatic carbocycles. The summed E-state index contributed by atoms with van der Waals surface area (Å²) in [4.78, 5) is 6.64. The van der Waals surface area contributed by atoms with E-state index in [2.05, 4.69) is 30.8 Å². The minimum Gasteiger partial charge on any atom is -0.360 e. The van der Waals surface area contributed by atoms with Crippen molar-refractivity contribution in [2.24, 2.45) is 5.92 Å². The van der Waals surface area contributed by atoms with Gasteiger partial charge in [-0.3, -0.25) is 0 Å². The maximum atomic E-state index is 5.75. The van der Waals surface area contributed by atoms with Crippen LogP contribution in [0.25, 0.3) is 0 Å². The SMILES string of the molecule is CC(C)CCN(C)c1cccc(CCl)n1. The van der Waals surface area contributed by atoms with Crippen molar-refractivity contribution in [3.8, 4) is 0 Å². The molecule has 1 heterocycles. The topological polar surface area (TPSA) is 16.1 Å². The van der Waals surface area contributed by atoms with E-state index in [1.54, 1.807) is 0 Å². The molecule has 0 saturated carbocycles. The molecule has 0 saturated heterocycles. The van der Waals surface area contributed by atoms with Gasteiger partial charge in [0.15, 0.2) is 0 Å². The number of alkyl halides is 1. The number of halogens is 1. The van der Waals surface area contributed by atoms with E-state index in [4.69, 9.17) is 11.6 Å². The van der Waals surface area contributed by atoms with Crippen molar-refractivity contribution < 1.29 is 0 Å². The van der Waals surface area contributed by atoms with Crippen LogP contribution in [0, 0.1) is 5.92 Å². The van der Waals surface area contributed by atoms with Crippen LogP contribution in [0.3, 0.4) is 0 Å². The molecule has 0 atom stereocenters. The van der Waals surface area contributed by atoms with Crippen LogP contribution in [0.1, 0.15) is 26.0 Å². The zero-order valence-corrected chi connectivity index (χ0v) is 10.5. The lowest BCUT2D eigenvalue weighted by Gasteiger charge is -2.19. The van der Waals surface area contributed by atoms with Crippen molar-refractivity contribution in [3.05, 3.63) is 23.9 Å². The fourth-order valence-corrected chi connectivity index (χ4v) is 1.47. The van der Waals surface area contributed by atoms with Crippen molar-refractivity contribution in [1.82, 2.24) is 4.98 Å². The molecule has 1 rings (SSSR count). The molecule has 0 spiro atoms. The molecule has 0 aliphatic heterocycles. The van der Waals surface area contributed by atoms with Gasteiger partial charge in [-0.25, -0.2) is 4.98 Å². The van der Waals surface area contributed by atoms with Gasteiger partial charge in [-0.05, 0) is 24.5 Å². The van der Waals surface area contributed by atoms with Gasteiger partial charge in [-0.15, -0.1) is 11.6 Å². The summed E-state index contributed by atoms with van der Waals surface area (Å²) in [5.74, 6) is 2.21. The quantitative estimate of drug-likeness (QED) is 0.717. The molecule has 0 bridgehead atoms. The van der Waals surface area contributed by atoms with Gasteiger partial charge >= 0.3 is 0 Å². The Morgan fingerprint density at radius 3 is 2.73 bits per heavy atom. The fraction of sp³-hybridized carbons (Fsp3) is 0.583. The Morgan fingerprint density at radius 1 is 1.40 bits per heavy atom. The predicted octanol–water partition coefficient (Wildman–Crippen LogP) is 3.30. The van der Waals surface area contributed by atoms with E-state index in [1.165, 1.54) is 6.42 Å². The van der Waals surface area contributed by atoms with Gasteiger partial charge in [0.25, 0.3) is 0 Å². The van der Waals surface area contributed by atoms with Crippen LogP contribution in [-0.4, -0.2) is 18.6 Å². The third-order valence-electron chi connectivity index (χ3n) is 2.36. The lowest BCUT2D eigenvalue weighted by Crippen LogP contribution is -2.21. The molecular weight excluding hydrogens is 208 g/mol. The Kier molecular flexibility index (Phi) is 4.89. The number of aromatic nitrogens is 1. The number of pyridine rings is 1. The van der Waals surface area contributed by atoms with Crippen molar-refractivity contribution in [2.45, 2.75) is 26.1 Å². The molecule has 0 aromatic carbocycles. The standard InChI is InChI=1S/C12H19ClN2/c1-10(2)7-8-15(3)12-6-4-5-11(9-13)14-12/h4-6,10H,7-9H2,1-3H3. The molecule has 3 heteroatoms. The number of rotatable bonds is 5. The van der Waals surface area contributed by atoms with E-state index in [0.29, 0.717) is 5.88 Å². The molecular formula is C12H19ClN2. The number of hydrogen-bond acceptors (Lipinski definition) is 2. The van der Waals surface area contributed by atoms with E-state index in [0.717, 1.165) is 24.0 Å². The first kappa shape index (κ1) is 12.3. The highest BCUT2D eigenvalue weighted by Gasteiger charge is 2.04. The van der Waals surface area contributed by atoms with Gasteiger partial charge in [-0.2, -0.15) is 0 Å². The van der Waals surface area contributed by atoms with Crippen LogP contribution in [-0.2, 0) is 5.88 Å². The highest BCUT2D eigenvalue weighted by atomic mass is 35.5. The lowest BCUT2D eigenvalue weighted by molar-refractivity contribution is 0.583. The highest BCUT2D eigenvalue weighted by Crippen LogP contribution is 2.12. The van der Waals surface area contributed by atoms with Crippen molar-refractivity contribution in [3.63, 3.8) is 0 Å². The van der Waals surface area contributed by atoms with Crippen molar-refractivity contribution in [2.75, 3.05) is 18.5 Å². The molecule has 84 valence electrons. The Morgan fingerprint density at radius 2 is 2.13 bits per heavy atom. The van der Waals surface area contributed by atoms with Crippen LogP contribution in [0.2, 0.25) is 0 Å². The molecule has 15 heavy (non-hydrogen) atoms. The Balaban J connectivity index is 2.60. The highest BCUT2D eigenvalue weighted by molar-refractivity contribution is 6.16. The molecule has 0 radical (unpaired) electrons. The van der Waals surface area contributed by atoms with Gasteiger partial charge < -0.3 is 4.90 Å². The fourth-order valence-electron chi connectivity index (χ4n) is 1.32. The van der Waals surface area contributed by atoms with Crippen LogP contribution in [0.5, 0.6) is 0 Å². The molecule has 0 unspecified atom stereocenters. The van der Waals surface area contributed by atoms with E-state index in [-0.39, 0.29) is 0 Å². The summed E-state index contributed by atoms with van der Waals surface area (Å²) in [5, 5.41) is 0. The number of hydrogen-bond donors (Lipinski definition) is 0. The first-order valence-corrected chi connectivity index (χ1v) is 5.90. The average Bonchev–Trinajstić information content (AvgIpc) is 2.26. The van der Waals surface area contributed by atoms with Crippen molar-refractivity contribution in [1.29, 1.82) is 0 Å². The van der Waals surface area contributed by atoms with Gasteiger partial charge in [0.1, 0.15) is 5.82 Å². The molecule has 0 fully saturated rings. The molecule has 0 N–H and O–H groups in total. The van der Waals surface area contributed by atoms with Crippen LogP contribution >= 0.6 is 11.6 Å². The molecule has 0 aliphatic rings. The van der Waals surface area contributed by atoms with Gasteiger partial charge in [0, 0.05) is 13.6 Å². The summed E-state index contributed by atoms with van der Waals surface area (Å²) in [6.45, 7) is 5.50. The first-order valence-electron chi connectivity index (χ1n) is 5.36. The first-order chi connectivity index (χ1) is 7.13. The summed E-state index contributed by atoms with van der Waals surface area (Å²) < 4.78 is 0. The minimum atomic E-state index is 0.478. The smallest absolute Gasteiger partial charge is 0.128 e. The average molecular weight is 227 g/mol.